The molecule has 18 heavy (non-hydrogen) atoms. The normalized spacial score (nSPS) is 14.6. The second-order valence-corrected chi connectivity index (χ2v) is 4.66. The first-order valence-electron chi connectivity index (χ1n) is 5.87. The van der Waals surface area contributed by atoms with Gasteiger partial charge in [0, 0.05) is 13.1 Å². The molecule has 5 heteroatoms. The van der Waals surface area contributed by atoms with Crippen LogP contribution in [0.5, 0.6) is 5.75 Å². The van der Waals surface area contributed by atoms with Crippen LogP contribution in [0.4, 0.5) is 0 Å². The van der Waals surface area contributed by atoms with E-state index in [1.807, 2.05) is 0 Å². The number of hydrogen-bond acceptors (Lipinski definition) is 3. The maximum absolute atomic E-state index is 12.3. The second-order valence-electron chi connectivity index (χ2n) is 4.10. The number of carbonyl (C=O) groups excluding carboxylic acids is 2. The molecule has 0 unspecified atom stereocenters. The van der Waals surface area contributed by atoms with Crippen LogP contribution in [0, 0.1) is 0 Å². The van der Waals surface area contributed by atoms with E-state index in [1.54, 1.807) is 29.2 Å². The molecule has 2 rings (SSSR count). The minimum Gasteiger partial charge on any atom is -0.425 e. The number of benzene rings is 1. The van der Waals surface area contributed by atoms with Gasteiger partial charge in [-0.3, -0.25) is 9.59 Å². The van der Waals surface area contributed by atoms with E-state index in [0.717, 1.165) is 25.9 Å². The van der Waals surface area contributed by atoms with Gasteiger partial charge >= 0.3 is 5.97 Å². The van der Waals surface area contributed by atoms with Crippen molar-refractivity contribution in [3.05, 3.63) is 29.8 Å². The van der Waals surface area contributed by atoms with E-state index >= 15 is 0 Å². The number of esters is 1. The van der Waals surface area contributed by atoms with Crippen LogP contribution in [-0.4, -0.2) is 35.2 Å². The van der Waals surface area contributed by atoms with Crippen molar-refractivity contribution >= 4 is 27.8 Å². The molecule has 0 spiro atoms. The third-order valence-electron chi connectivity index (χ3n) is 2.84. The largest absolute Gasteiger partial charge is 0.425 e. The lowest BCUT2D eigenvalue weighted by atomic mass is 10.2. The minimum atomic E-state index is -0.406. The fourth-order valence-corrected chi connectivity index (χ4v) is 2.09. The Kier molecular flexibility index (Phi) is 4.36. The van der Waals surface area contributed by atoms with E-state index < -0.39 is 5.97 Å². The third kappa shape index (κ3) is 2.90. The molecule has 0 aromatic heterocycles. The van der Waals surface area contributed by atoms with Crippen molar-refractivity contribution in [2.75, 3.05) is 18.4 Å². The lowest BCUT2D eigenvalue weighted by Crippen LogP contribution is -2.28. The first-order chi connectivity index (χ1) is 8.72. The van der Waals surface area contributed by atoms with E-state index in [4.69, 9.17) is 4.74 Å². The third-order valence-corrected chi connectivity index (χ3v) is 3.30. The zero-order valence-electron chi connectivity index (χ0n) is 9.89. The summed E-state index contributed by atoms with van der Waals surface area (Å²) in [5, 5.41) is 0.110. The van der Waals surface area contributed by atoms with Gasteiger partial charge in [-0.1, -0.05) is 28.1 Å². The highest BCUT2D eigenvalue weighted by atomic mass is 79.9. The van der Waals surface area contributed by atoms with Crippen molar-refractivity contribution < 1.29 is 14.3 Å². The monoisotopic (exact) mass is 311 g/mol. The smallest absolute Gasteiger partial charge is 0.321 e. The van der Waals surface area contributed by atoms with Crippen LogP contribution < -0.4 is 4.74 Å². The van der Waals surface area contributed by atoms with Gasteiger partial charge < -0.3 is 9.64 Å². The molecule has 1 aliphatic rings. The molecule has 1 heterocycles. The molecular formula is C13H14BrNO3. The van der Waals surface area contributed by atoms with E-state index in [0.29, 0.717) is 11.3 Å². The molecule has 0 N–H and O–H groups in total. The average molecular weight is 312 g/mol. The Labute approximate surface area is 114 Å². The number of rotatable bonds is 3. The molecule has 1 aliphatic heterocycles. The quantitative estimate of drug-likeness (QED) is 0.488. The Balaban J connectivity index is 2.20. The molecule has 0 atom stereocenters. The van der Waals surface area contributed by atoms with Crippen LogP contribution in [-0.2, 0) is 4.79 Å². The summed E-state index contributed by atoms with van der Waals surface area (Å²) in [6.45, 7) is 1.55. The SMILES string of the molecule is O=C(CBr)Oc1ccccc1C(=O)N1CCCC1. The summed E-state index contributed by atoms with van der Waals surface area (Å²) in [4.78, 5) is 25.3. The number of nitrogens with zero attached hydrogens (tertiary/aromatic N) is 1. The Morgan fingerprint density at radius 3 is 2.56 bits per heavy atom. The molecule has 1 aromatic carbocycles. The fourth-order valence-electron chi connectivity index (χ4n) is 1.97. The number of hydrogen-bond donors (Lipinski definition) is 0. The molecule has 1 fully saturated rings. The van der Waals surface area contributed by atoms with E-state index in [9.17, 15) is 9.59 Å². The van der Waals surface area contributed by atoms with E-state index in [-0.39, 0.29) is 11.2 Å². The number of halogens is 1. The van der Waals surface area contributed by atoms with Crippen LogP contribution in [0.3, 0.4) is 0 Å². The van der Waals surface area contributed by atoms with Gasteiger partial charge in [-0.25, -0.2) is 0 Å². The van der Waals surface area contributed by atoms with Gasteiger partial charge in [-0.2, -0.15) is 0 Å². The highest BCUT2D eigenvalue weighted by Gasteiger charge is 2.22. The highest BCUT2D eigenvalue weighted by Crippen LogP contribution is 2.22. The molecule has 0 saturated carbocycles. The number of amides is 1. The Morgan fingerprint density at radius 2 is 1.89 bits per heavy atom. The number of ether oxygens (including phenoxy) is 1. The number of alkyl halides is 1. The fraction of sp³-hybridized carbons (Fsp3) is 0.385. The summed E-state index contributed by atoms with van der Waals surface area (Å²) in [5.74, 6) is -0.138. The number of likely N-dealkylation sites (tertiary alicyclic amines) is 1. The van der Waals surface area contributed by atoms with Gasteiger partial charge in [0.1, 0.15) is 11.1 Å². The molecule has 0 aliphatic carbocycles. The summed E-state index contributed by atoms with van der Waals surface area (Å²) in [5.41, 5.74) is 0.453. The van der Waals surface area contributed by atoms with Crippen LogP contribution in [0.25, 0.3) is 0 Å². The van der Waals surface area contributed by atoms with Gasteiger partial charge in [0.25, 0.3) is 5.91 Å². The zero-order valence-corrected chi connectivity index (χ0v) is 11.5. The topological polar surface area (TPSA) is 46.6 Å². The maximum Gasteiger partial charge on any atom is 0.321 e. The zero-order chi connectivity index (χ0) is 13.0. The summed E-state index contributed by atoms with van der Waals surface area (Å²) in [6.07, 6.45) is 2.07. The van der Waals surface area contributed by atoms with Crippen molar-refractivity contribution in [3.8, 4) is 5.75 Å². The first-order valence-corrected chi connectivity index (χ1v) is 6.99. The van der Waals surface area contributed by atoms with Crippen molar-refractivity contribution in [3.63, 3.8) is 0 Å². The molecular weight excluding hydrogens is 298 g/mol. The summed E-state index contributed by atoms with van der Waals surface area (Å²) < 4.78 is 5.14. The first kappa shape index (κ1) is 13.1. The van der Waals surface area contributed by atoms with Crippen LogP contribution in [0.1, 0.15) is 23.2 Å². The van der Waals surface area contributed by atoms with Gasteiger partial charge in [-0.15, -0.1) is 0 Å². The lowest BCUT2D eigenvalue weighted by Gasteiger charge is -2.17. The van der Waals surface area contributed by atoms with Crippen molar-refractivity contribution in [1.82, 2.24) is 4.90 Å². The van der Waals surface area contributed by atoms with Crippen LogP contribution in [0.2, 0.25) is 0 Å². The number of para-hydroxylation sites is 1. The molecule has 0 bridgehead atoms. The lowest BCUT2D eigenvalue weighted by molar-refractivity contribution is -0.131. The van der Waals surface area contributed by atoms with Crippen LogP contribution >= 0.6 is 15.9 Å². The van der Waals surface area contributed by atoms with Gasteiger partial charge in [0.05, 0.1) is 5.56 Å². The Bertz CT molecular complexity index is 455. The average Bonchev–Trinajstić information content (AvgIpc) is 2.92. The summed E-state index contributed by atoms with van der Waals surface area (Å²) in [6, 6.07) is 6.85. The standard InChI is InChI=1S/C13H14BrNO3/c14-9-12(16)18-11-6-2-1-5-10(11)13(17)15-7-3-4-8-15/h1-2,5-6H,3-4,7-9H2. The number of carbonyl (C=O) groups is 2. The van der Waals surface area contributed by atoms with Crippen LogP contribution in [0.15, 0.2) is 24.3 Å². The highest BCUT2D eigenvalue weighted by molar-refractivity contribution is 9.09. The van der Waals surface area contributed by atoms with Gasteiger partial charge in [0.15, 0.2) is 0 Å². The molecule has 1 aromatic rings. The minimum absolute atomic E-state index is 0.0644. The Hall–Kier alpha value is -1.36. The van der Waals surface area contributed by atoms with E-state index in [2.05, 4.69) is 15.9 Å². The van der Waals surface area contributed by atoms with Gasteiger partial charge in [0.2, 0.25) is 0 Å². The van der Waals surface area contributed by atoms with Crippen molar-refractivity contribution in [1.29, 1.82) is 0 Å². The van der Waals surface area contributed by atoms with Crippen molar-refractivity contribution in [2.45, 2.75) is 12.8 Å². The second kappa shape index (κ2) is 6.00. The molecule has 1 amide bonds. The van der Waals surface area contributed by atoms with Crippen molar-refractivity contribution in [2.24, 2.45) is 0 Å². The predicted molar refractivity (Wildman–Crippen MR) is 71.0 cm³/mol. The summed E-state index contributed by atoms with van der Waals surface area (Å²) >= 11 is 3.03. The molecule has 1 saturated heterocycles. The maximum atomic E-state index is 12.3. The van der Waals surface area contributed by atoms with Gasteiger partial charge in [-0.05, 0) is 25.0 Å². The molecule has 0 radical (unpaired) electrons. The molecule has 4 nitrogen and oxygen atoms in total. The molecule has 96 valence electrons. The summed E-state index contributed by atoms with van der Waals surface area (Å²) in [7, 11) is 0. The van der Waals surface area contributed by atoms with E-state index in [1.165, 1.54) is 0 Å². The Morgan fingerprint density at radius 1 is 1.22 bits per heavy atom. The predicted octanol–water partition coefficient (Wildman–Crippen LogP) is 2.22.